The van der Waals surface area contributed by atoms with Crippen LogP contribution in [0.25, 0.3) is 21.8 Å². The molecule has 0 radical (unpaired) electrons. The van der Waals surface area contributed by atoms with Gasteiger partial charge in [-0.1, -0.05) is 38.1 Å². The average molecular weight is 532 g/mol. The number of nitrogens with one attached hydrogen (secondary N) is 2. The third-order valence-corrected chi connectivity index (χ3v) is 9.10. The molecule has 6 rings (SSSR count). The number of carbonyl (C=O) groups excluding carboxylic acids is 2. The van der Waals surface area contributed by atoms with Crippen LogP contribution in [0, 0.1) is 11.8 Å². The smallest absolute Gasteiger partial charge is 0.453 e. The van der Waals surface area contributed by atoms with Gasteiger partial charge in [0, 0.05) is 11.4 Å². The van der Waals surface area contributed by atoms with E-state index in [1.807, 2.05) is 30.9 Å². The second-order valence-electron chi connectivity index (χ2n) is 12.6. The third kappa shape index (κ3) is 4.28. The van der Waals surface area contributed by atoms with Crippen LogP contribution in [0.3, 0.4) is 0 Å². The van der Waals surface area contributed by atoms with E-state index in [-0.39, 0.29) is 23.9 Å². The van der Waals surface area contributed by atoms with Gasteiger partial charge in [-0.05, 0) is 69.3 Å². The van der Waals surface area contributed by atoms with Gasteiger partial charge in [-0.25, -0.2) is 9.78 Å². The van der Waals surface area contributed by atoms with Gasteiger partial charge in [0.15, 0.2) is 0 Å². The van der Waals surface area contributed by atoms with Crippen LogP contribution in [0.2, 0.25) is 0 Å². The first-order valence-corrected chi connectivity index (χ1v) is 13.8. The zero-order valence-corrected chi connectivity index (χ0v) is 23.7. The molecule has 2 saturated heterocycles. The third-order valence-electron chi connectivity index (χ3n) is 9.10. The van der Waals surface area contributed by atoms with Crippen molar-refractivity contribution in [2.45, 2.75) is 83.7 Å². The average Bonchev–Trinajstić information content (AvgIpc) is 3.24. The van der Waals surface area contributed by atoms with Gasteiger partial charge in [0.1, 0.15) is 11.9 Å². The van der Waals surface area contributed by atoms with Gasteiger partial charge in [-0.15, -0.1) is 0 Å². The van der Waals surface area contributed by atoms with Gasteiger partial charge < -0.3 is 29.2 Å². The summed E-state index contributed by atoms with van der Waals surface area (Å²) in [6.45, 7) is 12.1. The number of benzene rings is 2. The molecule has 3 aliphatic rings. The Balaban J connectivity index is 1.31. The van der Waals surface area contributed by atoms with Crippen LogP contribution in [0.15, 0.2) is 30.3 Å². The number of imidazole rings is 1. The largest absolute Gasteiger partial charge is 0.494 e. The molecule has 1 aromatic heterocycles. The van der Waals surface area contributed by atoms with E-state index >= 15 is 0 Å². The van der Waals surface area contributed by atoms with E-state index in [0.29, 0.717) is 5.92 Å². The van der Waals surface area contributed by atoms with E-state index in [9.17, 15) is 9.59 Å². The lowest BCUT2D eigenvalue weighted by molar-refractivity contribution is -0.136. The molecule has 9 nitrogen and oxygen atoms in total. The fourth-order valence-electron chi connectivity index (χ4n) is 6.00. The Hall–Kier alpha value is -3.11. The van der Waals surface area contributed by atoms with Crippen LogP contribution < -0.4 is 10.8 Å². The summed E-state index contributed by atoms with van der Waals surface area (Å²) in [6.07, 6.45) is 1.26. The predicted molar refractivity (Wildman–Crippen MR) is 150 cm³/mol. The van der Waals surface area contributed by atoms with E-state index in [0.717, 1.165) is 45.9 Å². The minimum Gasteiger partial charge on any atom is -0.453 e. The Morgan fingerprint density at radius 2 is 1.85 bits per heavy atom. The van der Waals surface area contributed by atoms with Crippen molar-refractivity contribution in [3.05, 3.63) is 36.2 Å². The molecule has 10 heteroatoms. The summed E-state index contributed by atoms with van der Waals surface area (Å²) in [5.41, 5.74) is 1.98. The normalized spacial score (nSPS) is 25.8. The van der Waals surface area contributed by atoms with Crippen molar-refractivity contribution in [3.8, 4) is 0 Å². The minimum absolute atomic E-state index is 0.0761. The maximum absolute atomic E-state index is 13.7. The number of likely N-dealkylation sites (tertiary alicyclic amines) is 1. The molecule has 1 aliphatic carbocycles. The second kappa shape index (κ2) is 8.96. The van der Waals surface area contributed by atoms with Crippen LogP contribution in [0.5, 0.6) is 0 Å². The summed E-state index contributed by atoms with van der Waals surface area (Å²) >= 11 is 0. The molecule has 39 heavy (non-hydrogen) atoms. The lowest BCUT2D eigenvalue weighted by Gasteiger charge is -2.32. The second-order valence-corrected chi connectivity index (χ2v) is 12.6. The number of methoxy groups -OCH3 is 1. The minimum atomic E-state index is -0.655. The molecule has 1 unspecified atom stereocenters. The number of alkyl carbamates (subject to hydrolysis) is 1. The number of ether oxygens (including phenoxy) is 1. The highest BCUT2D eigenvalue weighted by molar-refractivity contribution is 6.62. The summed E-state index contributed by atoms with van der Waals surface area (Å²) < 4.78 is 17.3. The van der Waals surface area contributed by atoms with Crippen molar-refractivity contribution < 1.29 is 23.6 Å². The number of aromatic nitrogens is 2. The summed E-state index contributed by atoms with van der Waals surface area (Å²) in [7, 11) is 0.881. The van der Waals surface area contributed by atoms with Gasteiger partial charge in [0.2, 0.25) is 5.91 Å². The first-order chi connectivity index (χ1) is 18.4. The summed E-state index contributed by atoms with van der Waals surface area (Å²) in [4.78, 5) is 36.2. The van der Waals surface area contributed by atoms with Crippen molar-refractivity contribution >= 4 is 46.4 Å². The molecule has 3 fully saturated rings. The van der Waals surface area contributed by atoms with Crippen molar-refractivity contribution in [1.29, 1.82) is 0 Å². The molecule has 1 saturated carbocycles. The number of fused-ring (bicyclic) bond motifs is 4. The fourth-order valence-corrected chi connectivity index (χ4v) is 6.00. The number of aromatic amines is 1. The zero-order valence-electron chi connectivity index (χ0n) is 23.7. The quantitative estimate of drug-likeness (QED) is 0.481. The zero-order chi connectivity index (χ0) is 27.9. The number of carbonyl (C=O) groups is 2. The number of hydrogen-bond acceptors (Lipinski definition) is 6. The molecule has 0 spiro atoms. The SMILES string of the molecule is COC(=O)NC(C(=O)N1[C@@H]2C[C@@H]2C[C@H]1c1nc2c(ccc3cc(B4OC(C)(C)C(C)(C)O4)ccc32)[nH]1)C(C)C. The van der Waals surface area contributed by atoms with E-state index in [2.05, 4.69) is 56.2 Å². The number of amides is 2. The van der Waals surface area contributed by atoms with Crippen molar-refractivity contribution in [2.75, 3.05) is 7.11 Å². The molecule has 2 N–H and O–H groups in total. The van der Waals surface area contributed by atoms with Gasteiger partial charge in [-0.2, -0.15) is 0 Å². The molecular formula is C29H37BN4O5. The van der Waals surface area contributed by atoms with Crippen LogP contribution >= 0.6 is 0 Å². The molecule has 0 bridgehead atoms. The van der Waals surface area contributed by atoms with Gasteiger partial charge >= 0.3 is 13.2 Å². The highest BCUT2D eigenvalue weighted by atomic mass is 16.7. The monoisotopic (exact) mass is 532 g/mol. The first-order valence-electron chi connectivity index (χ1n) is 13.8. The van der Waals surface area contributed by atoms with Crippen molar-refractivity contribution in [2.24, 2.45) is 11.8 Å². The summed E-state index contributed by atoms with van der Waals surface area (Å²) in [5, 5.41) is 4.82. The molecule has 4 atom stereocenters. The molecule has 2 aromatic carbocycles. The van der Waals surface area contributed by atoms with Gasteiger partial charge in [-0.3, -0.25) is 4.79 Å². The number of nitrogens with zero attached hydrogens (tertiary/aromatic N) is 2. The number of piperidine rings is 1. The van der Waals surface area contributed by atoms with Crippen LogP contribution in [0.4, 0.5) is 4.79 Å². The lowest BCUT2D eigenvalue weighted by atomic mass is 9.78. The Kier molecular flexibility index (Phi) is 6.00. The molecule has 3 heterocycles. The Labute approximate surface area is 229 Å². The van der Waals surface area contributed by atoms with Gasteiger partial charge in [0.25, 0.3) is 0 Å². The standard InChI is InChI=1S/C29H37BN4O5/c1-15(2)23(33-27(36)37-7)26(35)34-21-13-17(21)14-22(34)25-31-20-11-8-16-12-18(9-10-19(16)24(20)32-25)30-38-28(3,4)29(5,6)39-30/h8-12,15,17,21-23H,13-14H2,1-7H3,(H,31,32)(H,33,36)/t17-,21-,22+,23?/m1/s1. The Morgan fingerprint density at radius 1 is 1.13 bits per heavy atom. The summed E-state index contributed by atoms with van der Waals surface area (Å²) in [6, 6.07) is 9.73. The van der Waals surface area contributed by atoms with E-state index < -0.39 is 30.5 Å². The number of hydrogen-bond donors (Lipinski definition) is 2. The predicted octanol–water partition coefficient (Wildman–Crippen LogP) is 4.06. The molecular weight excluding hydrogens is 495 g/mol. The Bertz CT molecular complexity index is 1450. The van der Waals surface area contributed by atoms with Gasteiger partial charge in [0.05, 0.1) is 35.4 Å². The Morgan fingerprint density at radius 3 is 2.51 bits per heavy atom. The van der Waals surface area contributed by atoms with Crippen molar-refractivity contribution in [1.82, 2.24) is 20.2 Å². The maximum Gasteiger partial charge on any atom is 0.494 e. The number of rotatable bonds is 5. The fraction of sp³-hybridized carbons (Fsp3) is 0.552. The number of H-pyrrole nitrogens is 1. The van der Waals surface area contributed by atoms with Crippen LogP contribution in [-0.4, -0.2) is 64.4 Å². The van der Waals surface area contributed by atoms with Crippen LogP contribution in [-0.2, 0) is 18.8 Å². The van der Waals surface area contributed by atoms with E-state index in [4.69, 9.17) is 19.0 Å². The first kappa shape index (κ1) is 26.1. The molecule has 2 aliphatic heterocycles. The van der Waals surface area contributed by atoms with Crippen LogP contribution in [0.1, 0.15) is 66.3 Å². The molecule has 206 valence electrons. The summed E-state index contributed by atoms with van der Waals surface area (Å²) in [5.74, 6) is 1.10. The highest BCUT2D eigenvalue weighted by Gasteiger charge is 2.56. The topological polar surface area (TPSA) is 106 Å². The van der Waals surface area contributed by atoms with Crippen molar-refractivity contribution in [3.63, 3.8) is 0 Å². The van der Waals surface area contributed by atoms with E-state index in [1.165, 1.54) is 7.11 Å². The molecule has 2 amide bonds. The van der Waals surface area contributed by atoms with E-state index in [1.54, 1.807) is 0 Å². The lowest BCUT2D eigenvalue weighted by Crippen LogP contribution is -2.52. The molecule has 3 aromatic rings. The maximum atomic E-state index is 13.7. The highest BCUT2D eigenvalue weighted by Crippen LogP contribution is 2.53.